The van der Waals surface area contributed by atoms with Gasteiger partial charge in [-0.25, -0.2) is 4.79 Å². The van der Waals surface area contributed by atoms with E-state index in [9.17, 15) is 4.79 Å². The Morgan fingerprint density at radius 3 is 2.33 bits per heavy atom. The van der Waals surface area contributed by atoms with Crippen LogP contribution in [0.25, 0.3) is 0 Å². The number of carbonyl (C=O) groups excluding carboxylic acids is 1. The quantitative estimate of drug-likeness (QED) is 0.544. The molecule has 0 aromatic carbocycles. The van der Waals surface area contributed by atoms with E-state index in [2.05, 4.69) is 4.90 Å². The van der Waals surface area contributed by atoms with Gasteiger partial charge in [-0.1, -0.05) is 0 Å². The molecule has 0 aromatic heterocycles. The molecule has 66 valence electrons. The Hall–Kier alpha value is -0.790. The van der Waals surface area contributed by atoms with Crippen LogP contribution in [-0.4, -0.2) is 48.0 Å². The lowest BCUT2D eigenvalue weighted by Gasteiger charge is -2.33. The van der Waals surface area contributed by atoms with Crippen LogP contribution in [0, 0.1) is 0 Å². The zero-order chi connectivity index (χ0) is 8.39. The molecule has 12 heavy (non-hydrogen) atoms. The maximum Gasteiger partial charge on any atom is 0.142 e. The molecule has 2 rings (SSSR count). The van der Waals surface area contributed by atoms with Crippen LogP contribution < -0.4 is 0 Å². The molecule has 1 aliphatic heterocycles. The van der Waals surface area contributed by atoms with E-state index in [1.165, 1.54) is 19.0 Å². The van der Waals surface area contributed by atoms with Crippen molar-refractivity contribution in [3.8, 4) is 0 Å². The van der Waals surface area contributed by atoms with Gasteiger partial charge in [0.15, 0.2) is 0 Å². The maximum absolute atomic E-state index is 10.1. The Kier molecular flexibility index (Phi) is 2.15. The van der Waals surface area contributed by atoms with Crippen molar-refractivity contribution in [3.63, 3.8) is 0 Å². The van der Waals surface area contributed by atoms with Crippen LogP contribution in [-0.2, 0) is 4.79 Å². The summed E-state index contributed by atoms with van der Waals surface area (Å²) in [5.74, 6) is 1.83. The highest BCUT2D eigenvalue weighted by atomic mass is 16.1. The molecule has 1 heterocycles. The summed E-state index contributed by atoms with van der Waals surface area (Å²) in [6, 6.07) is 0.868. The van der Waals surface area contributed by atoms with Gasteiger partial charge in [0.25, 0.3) is 0 Å². The summed E-state index contributed by atoms with van der Waals surface area (Å²) in [5, 5.41) is 0. The number of piperazine rings is 1. The average molecular weight is 166 g/mol. The summed E-state index contributed by atoms with van der Waals surface area (Å²) < 4.78 is 0. The molecule has 2 aliphatic rings. The van der Waals surface area contributed by atoms with Crippen LogP contribution >= 0.6 is 0 Å². The first kappa shape index (κ1) is 7.84. The van der Waals surface area contributed by atoms with E-state index in [0.29, 0.717) is 0 Å². The van der Waals surface area contributed by atoms with Crippen LogP contribution in [0.5, 0.6) is 0 Å². The second-order valence-electron chi connectivity index (χ2n) is 3.55. The van der Waals surface area contributed by atoms with E-state index in [4.69, 9.17) is 0 Å². The van der Waals surface area contributed by atoms with Gasteiger partial charge in [-0.15, -0.1) is 0 Å². The van der Waals surface area contributed by atoms with Gasteiger partial charge in [0.2, 0.25) is 0 Å². The van der Waals surface area contributed by atoms with Crippen LogP contribution in [0.15, 0.2) is 6.20 Å². The number of hydrogen-bond donors (Lipinski definition) is 0. The van der Waals surface area contributed by atoms with E-state index in [0.717, 1.165) is 32.2 Å². The first-order chi connectivity index (χ1) is 5.90. The van der Waals surface area contributed by atoms with Crippen molar-refractivity contribution < 1.29 is 4.79 Å². The molecule has 0 atom stereocenters. The summed E-state index contributed by atoms with van der Waals surface area (Å²) in [6.07, 6.45) is 4.29. The van der Waals surface area contributed by atoms with Crippen molar-refractivity contribution in [2.24, 2.45) is 0 Å². The lowest BCUT2D eigenvalue weighted by molar-refractivity contribution is 0.162. The molecule has 0 bridgehead atoms. The molecule has 1 aliphatic carbocycles. The van der Waals surface area contributed by atoms with Gasteiger partial charge in [-0.3, -0.25) is 4.90 Å². The molecule has 0 radical (unpaired) electrons. The number of nitrogens with zero attached hydrogens (tertiary/aromatic N) is 2. The maximum atomic E-state index is 10.1. The van der Waals surface area contributed by atoms with Gasteiger partial charge in [-0.05, 0) is 12.8 Å². The molecule has 3 heteroatoms. The molecule has 1 saturated heterocycles. The van der Waals surface area contributed by atoms with E-state index in [1.807, 2.05) is 10.8 Å². The van der Waals surface area contributed by atoms with E-state index in [1.54, 1.807) is 0 Å². The van der Waals surface area contributed by atoms with Crippen molar-refractivity contribution in [1.82, 2.24) is 9.80 Å². The molecule has 1 saturated carbocycles. The molecule has 0 aromatic rings. The van der Waals surface area contributed by atoms with Crippen LogP contribution in [0.2, 0.25) is 0 Å². The highest BCUT2D eigenvalue weighted by Crippen LogP contribution is 2.27. The SMILES string of the molecule is O=C=CN1CCN(C2CC2)CC1. The Bertz CT molecular complexity index is 199. The van der Waals surface area contributed by atoms with E-state index < -0.39 is 0 Å². The molecule has 0 spiro atoms. The molecule has 3 nitrogen and oxygen atoms in total. The predicted octanol–water partition coefficient (Wildman–Crippen LogP) is 0.112. The summed E-state index contributed by atoms with van der Waals surface area (Å²) in [7, 11) is 0. The molecular formula is C9H14N2O. The van der Waals surface area contributed by atoms with Gasteiger partial charge in [0, 0.05) is 32.2 Å². The summed E-state index contributed by atoms with van der Waals surface area (Å²) >= 11 is 0. The largest absolute Gasteiger partial charge is 0.366 e. The Labute approximate surface area is 72.6 Å². The fraction of sp³-hybridized carbons (Fsp3) is 0.778. The van der Waals surface area contributed by atoms with E-state index >= 15 is 0 Å². The summed E-state index contributed by atoms with van der Waals surface area (Å²) in [4.78, 5) is 14.6. The first-order valence-electron chi connectivity index (χ1n) is 4.59. The second-order valence-corrected chi connectivity index (χ2v) is 3.55. The van der Waals surface area contributed by atoms with Crippen LogP contribution in [0.3, 0.4) is 0 Å². The second kappa shape index (κ2) is 3.30. The minimum absolute atomic E-state index is 0.868. The predicted molar refractivity (Wildman–Crippen MR) is 46.4 cm³/mol. The fourth-order valence-electron chi connectivity index (χ4n) is 1.75. The van der Waals surface area contributed by atoms with Crippen molar-refractivity contribution >= 4 is 5.94 Å². The smallest absolute Gasteiger partial charge is 0.142 e. The molecule has 2 fully saturated rings. The average Bonchev–Trinajstić information content (AvgIpc) is 2.89. The normalized spacial score (nSPS) is 25.2. The van der Waals surface area contributed by atoms with Gasteiger partial charge < -0.3 is 4.90 Å². The lowest BCUT2D eigenvalue weighted by Crippen LogP contribution is -2.44. The van der Waals surface area contributed by atoms with Crippen LogP contribution in [0.1, 0.15) is 12.8 Å². The van der Waals surface area contributed by atoms with Crippen molar-refractivity contribution in [2.75, 3.05) is 26.2 Å². The molecule has 0 unspecified atom stereocenters. The van der Waals surface area contributed by atoms with Gasteiger partial charge in [-0.2, -0.15) is 0 Å². The third-order valence-electron chi connectivity index (χ3n) is 2.65. The Balaban J connectivity index is 1.79. The minimum Gasteiger partial charge on any atom is -0.366 e. The third-order valence-corrected chi connectivity index (χ3v) is 2.65. The highest BCUT2D eigenvalue weighted by Gasteiger charge is 2.30. The Morgan fingerprint density at radius 1 is 1.17 bits per heavy atom. The van der Waals surface area contributed by atoms with E-state index in [-0.39, 0.29) is 0 Å². The van der Waals surface area contributed by atoms with Gasteiger partial charge in [0.05, 0.1) is 6.20 Å². The zero-order valence-corrected chi connectivity index (χ0v) is 7.20. The lowest BCUT2D eigenvalue weighted by atomic mass is 10.3. The first-order valence-corrected chi connectivity index (χ1v) is 4.59. The summed E-state index contributed by atoms with van der Waals surface area (Å²) in [6.45, 7) is 4.21. The standard InChI is InChI=1S/C9H14N2O/c12-8-7-10-3-5-11(6-4-10)9-1-2-9/h7,9H,1-6H2. The molecule has 0 N–H and O–H groups in total. The zero-order valence-electron chi connectivity index (χ0n) is 7.20. The number of rotatable bonds is 2. The highest BCUT2D eigenvalue weighted by molar-refractivity contribution is 5.44. The Morgan fingerprint density at radius 2 is 1.83 bits per heavy atom. The van der Waals surface area contributed by atoms with Gasteiger partial charge in [0.1, 0.15) is 5.94 Å². The van der Waals surface area contributed by atoms with Crippen molar-refractivity contribution in [1.29, 1.82) is 0 Å². The van der Waals surface area contributed by atoms with Gasteiger partial charge >= 0.3 is 0 Å². The monoisotopic (exact) mass is 166 g/mol. The van der Waals surface area contributed by atoms with Crippen LogP contribution in [0.4, 0.5) is 0 Å². The topological polar surface area (TPSA) is 23.6 Å². The fourth-order valence-corrected chi connectivity index (χ4v) is 1.75. The van der Waals surface area contributed by atoms with Crippen molar-refractivity contribution in [3.05, 3.63) is 6.20 Å². The molecule has 0 amide bonds. The molecular weight excluding hydrogens is 152 g/mol. The summed E-state index contributed by atoms with van der Waals surface area (Å²) in [5.41, 5.74) is 0. The number of hydrogen-bond acceptors (Lipinski definition) is 3. The van der Waals surface area contributed by atoms with Crippen molar-refractivity contribution in [2.45, 2.75) is 18.9 Å². The minimum atomic E-state index is 0.868. The third kappa shape index (κ3) is 1.68.